The molecule has 5 rings (SSSR count). The maximum atomic E-state index is 14.0. The topological polar surface area (TPSA) is 122 Å². The second-order valence-electron chi connectivity index (χ2n) is 14.1. The first kappa shape index (κ1) is 31.5. The minimum absolute atomic E-state index is 0.000645. The van der Waals surface area contributed by atoms with E-state index in [0.717, 1.165) is 63.5 Å². The summed E-state index contributed by atoms with van der Waals surface area (Å²) in [5, 5.41) is 22.4. The molecule has 10 heteroatoms. The monoisotopic (exact) mass is 609 g/mol. The minimum atomic E-state index is -4.31. The number of halogens is 1. The van der Waals surface area contributed by atoms with Gasteiger partial charge in [0, 0.05) is 0 Å². The summed E-state index contributed by atoms with van der Waals surface area (Å²) >= 11 is 0. The van der Waals surface area contributed by atoms with Gasteiger partial charge in [-0.25, -0.2) is 22.3 Å². The molecule has 0 bridgehead atoms. The van der Waals surface area contributed by atoms with Gasteiger partial charge in [-0.15, -0.1) is 0 Å². The summed E-state index contributed by atoms with van der Waals surface area (Å²) in [5.74, 6) is 0.904. The molecule has 0 aliphatic heterocycles. The summed E-state index contributed by atoms with van der Waals surface area (Å²) < 4.78 is 51.4. The molecule has 8 nitrogen and oxygen atoms in total. The quantitative estimate of drug-likeness (QED) is 0.373. The van der Waals surface area contributed by atoms with Gasteiger partial charge in [0.05, 0.1) is 30.8 Å². The summed E-state index contributed by atoms with van der Waals surface area (Å²) in [7, 11) is -3.04. The first-order valence-corrected chi connectivity index (χ1v) is 17.1. The lowest BCUT2D eigenvalue weighted by Gasteiger charge is -2.64. The molecule has 1 aromatic carbocycles. The number of aliphatic hydroxyl groups excluding tert-OH is 2. The number of carbonyl (C=O) groups is 1. The molecular weight excluding hydrogens is 561 g/mol. The molecule has 4 saturated carbocycles. The molecule has 3 N–H and O–H groups in total. The Labute approximate surface area is 249 Å². The number of sulfonamides is 1. The Hall–Kier alpha value is -1.91. The Kier molecular flexibility index (Phi) is 8.66. The molecule has 42 heavy (non-hydrogen) atoms. The molecule has 0 aromatic heterocycles. The first-order chi connectivity index (χ1) is 19.8. The van der Waals surface area contributed by atoms with Gasteiger partial charge in [0.25, 0.3) is 10.0 Å². The molecular formula is C32H48FNO7S. The van der Waals surface area contributed by atoms with E-state index in [-0.39, 0.29) is 59.1 Å². The van der Waals surface area contributed by atoms with Gasteiger partial charge in [0.2, 0.25) is 0 Å². The highest BCUT2D eigenvalue weighted by Crippen LogP contribution is 2.69. The third-order valence-corrected chi connectivity index (χ3v) is 13.6. The van der Waals surface area contributed by atoms with Gasteiger partial charge in [-0.2, -0.15) is 0 Å². The molecule has 0 spiro atoms. The van der Waals surface area contributed by atoms with E-state index in [0.29, 0.717) is 17.8 Å². The number of ether oxygens (including phenoxy) is 2. The number of hydrogen-bond donors (Lipinski definition) is 3. The van der Waals surface area contributed by atoms with Crippen LogP contribution in [0.5, 0.6) is 5.75 Å². The Balaban J connectivity index is 1.25. The van der Waals surface area contributed by atoms with Gasteiger partial charge in [0.1, 0.15) is 0 Å². The molecule has 0 radical (unpaired) electrons. The molecule has 4 aliphatic rings. The van der Waals surface area contributed by atoms with Crippen LogP contribution in [0.4, 0.5) is 9.18 Å². The van der Waals surface area contributed by atoms with Gasteiger partial charge in [-0.3, -0.25) is 0 Å². The van der Waals surface area contributed by atoms with E-state index in [2.05, 4.69) is 27.7 Å². The fourth-order valence-corrected chi connectivity index (χ4v) is 11.2. The predicted molar refractivity (Wildman–Crippen MR) is 156 cm³/mol. The number of rotatable bonds is 7. The van der Waals surface area contributed by atoms with Crippen molar-refractivity contribution < 1.29 is 37.3 Å². The number of hydrogen-bond acceptors (Lipinski definition) is 7. The van der Waals surface area contributed by atoms with E-state index in [1.807, 2.05) is 4.72 Å². The van der Waals surface area contributed by atoms with Gasteiger partial charge in [0.15, 0.2) is 11.6 Å². The van der Waals surface area contributed by atoms with Crippen LogP contribution in [-0.2, 0) is 14.8 Å². The summed E-state index contributed by atoms with van der Waals surface area (Å²) in [4.78, 5) is 12.1. The average molecular weight is 610 g/mol. The number of amides is 1. The number of methoxy groups -OCH3 is 1. The van der Waals surface area contributed by atoms with Crippen LogP contribution in [0.25, 0.3) is 0 Å². The molecule has 11 atom stereocenters. The predicted octanol–water partition coefficient (Wildman–Crippen LogP) is 5.51. The summed E-state index contributed by atoms with van der Waals surface area (Å²) in [5.41, 5.74) is 0.123. The van der Waals surface area contributed by atoms with Gasteiger partial charge < -0.3 is 19.7 Å². The van der Waals surface area contributed by atoms with Gasteiger partial charge >= 0.3 is 6.09 Å². The number of nitrogens with one attached hydrogen (secondary N) is 1. The third-order valence-electron chi connectivity index (χ3n) is 12.3. The van der Waals surface area contributed by atoms with E-state index >= 15 is 0 Å². The van der Waals surface area contributed by atoms with Crippen LogP contribution in [-0.4, -0.2) is 50.6 Å². The Morgan fingerprint density at radius 2 is 1.79 bits per heavy atom. The van der Waals surface area contributed by atoms with Crippen molar-refractivity contribution in [1.82, 2.24) is 4.72 Å². The van der Waals surface area contributed by atoms with Crippen molar-refractivity contribution in [3.8, 4) is 5.75 Å². The number of benzene rings is 1. The second-order valence-corrected chi connectivity index (χ2v) is 15.8. The average Bonchev–Trinajstić information content (AvgIpc) is 3.29. The van der Waals surface area contributed by atoms with Crippen molar-refractivity contribution in [1.29, 1.82) is 0 Å². The maximum Gasteiger partial charge on any atom is 0.421 e. The zero-order valence-corrected chi connectivity index (χ0v) is 26.3. The van der Waals surface area contributed by atoms with Crippen molar-refractivity contribution in [3.63, 3.8) is 0 Å². The normalized spacial score (nSPS) is 40.3. The molecule has 4 aliphatic carbocycles. The lowest BCUT2D eigenvalue weighted by Crippen LogP contribution is -2.62. The molecule has 1 aromatic rings. The highest BCUT2D eigenvalue weighted by Gasteiger charge is 2.64. The van der Waals surface area contributed by atoms with Crippen LogP contribution in [0.1, 0.15) is 79.1 Å². The number of aliphatic hydroxyl groups is 2. The Bertz CT molecular complexity index is 1280. The van der Waals surface area contributed by atoms with Crippen LogP contribution in [0.3, 0.4) is 0 Å². The van der Waals surface area contributed by atoms with Crippen LogP contribution < -0.4 is 9.46 Å². The van der Waals surface area contributed by atoms with Crippen molar-refractivity contribution in [2.75, 3.05) is 13.7 Å². The highest BCUT2D eigenvalue weighted by molar-refractivity contribution is 7.90. The van der Waals surface area contributed by atoms with Crippen LogP contribution >= 0.6 is 0 Å². The fraction of sp³-hybridized carbons (Fsp3) is 0.781. The Morgan fingerprint density at radius 3 is 2.45 bits per heavy atom. The third kappa shape index (κ3) is 5.23. The van der Waals surface area contributed by atoms with Crippen LogP contribution in [0.2, 0.25) is 0 Å². The van der Waals surface area contributed by atoms with E-state index in [1.54, 1.807) is 0 Å². The van der Waals surface area contributed by atoms with Crippen LogP contribution in [0.15, 0.2) is 23.1 Å². The number of carbonyl (C=O) groups excluding carboxylic acids is 1. The zero-order chi connectivity index (χ0) is 30.6. The molecule has 236 valence electrons. The SMILES string of the molecule is CC[C@H]1[C@@H](O)[C@@H]2[C@H](CC[C@]3(C)[C@@H]([C@H](C)COC(=O)NS(=O)(=O)c4ccc(OC)c(F)c4)CC[C@@H]23)[C@@]2(C)CC[C@@H](O)C[C@@H]12. The summed E-state index contributed by atoms with van der Waals surface area (Å²) in [6, 6.07) is 3.15. The minimum Gasteiger partial charge on any atom is -0.494 e. The molecule has 0 saturated heterocycles. The maximum absolute atomic E-state index is 14.0. The van der Waals surface area contributed by atoms with E-state index in [9.17, 15) is 27.8 Å². The summed E-state index contributed by atoms with van der Waals surface area (Å²) in [6.07, 6.45) is 5.92. The molecule has 0 unspecified atom stereocenters. The van der Waals surface area contributed by atoms with E-state index in [4.69, 9.17) is 9.47 Å². The van der Waals surface area contributed by atoms with E-state index in [1.165, 1.54) is 13.2 Å². The molecule has 1 amide bonds. The zero-order valence-electron chi connectivity index (χ0n) is 25.5. The van der Waals surface area contributed by atoms with Crippen molar-refractivity contribution >= 4 is 16.1 Å². The van der Waals surface area contributed by atoms with Crippen molar-refractivity contribution in [2.24, 2.45) is 52.3 Å². The fourth-order valence-electron chi connectivity index (χ4n) is 10.3. The van der Waals surface area contributed by atoms with Gasteiger partial charge in [-0.05, 0) is 115 Å². The van der Waals surface area contributed by atoms with E-state index < -0.39 is 26.8 Å². The number of fused-ring (bicyclic) bond motifs is 5. The highest BCUT2D eigenvalue weighted by atomic mass is 32.2. The summed E-state index contributed by atoms with van der Waals surface area (Å²) in [6.45, 7) is 9.06. The molecule has 4 fully saturated rings. The largest absolute Gasteiger partial charge is 0.494 e. The Morgan fingerprint density at radius 1 is 1.10 bits per heavy atom. The first-order valence-electron chi connectivity index (χ1n) is 15.7. The second kappa shape index (κ2) is 11.5. The lowest BCUT2D eigenvalue weighted by atomic mass is 9.41. The van der Waals surface area contributed by atoms with Crippen molar-refractivity contribution in [2.45, 2.75) is 96.2 Å². The molecule has 0 heterocycles. The standard InChI is InChI=1S/C32H48FNO7S/c1-6-21-25-15-19(35)11-13-32(25,4)24-12-14-31(3)22(8-9-23(31)28(24)29(21)36)18(2)17-41-30(37)34-42(38,39)20-7-10-27(40-5)26(33)16-20/h7,10,16,18-19,21-25,28-29,35-36H,6,8-9,11-15,17H2,1-5H3,(H,34,37)/t18-,19-,21-,22-,23+,24+,25+,28+,29-,31-,32-/m1/s1. The smallest absolute Gasteiger partial charge is 0.421 e. The van der Waals surface area contributed by atoms with Crippen LogP contribution in [0, 0.1) is 58.1 Å². The lowest BCUT2D eigenvalue weighted by molar-refractivity contribution is -0.203. The van der Waals surface area contributed by atoms with Gasteiger partial charge in [-0.1, -0.05) is 34.1 Å². The van der Waals surface area contributed by atoms with Crippen molar-refractivity contribution in [3.05, 3.63) is 24.0 Å².